The van der Waals surface area contributed by atoms with E-state index in [-0.39, 0.29) is 29.5 Å². The van der Waals surface area contributed by atoms with Gasteiger partial charge in [0.2, 0.25) is 11.9 Å². The highest BCUT2D eigenvalue weighted by Gasteiger charge is 2.15. The second kappa shape index (κ2) is 6.56. The molecule has 0 bridgehead atoms. The van der Waals surface area contributed by atoms with Gasteiger partial charge in [-0.2, -0.15) is 4.98 Å². The number of benzene rings is 1. The maximum Gasteiger partial charge on any atom is 0.249 e. The summed E-state index contributed by atoms with van der Waals surface area (Å²) in [5.41, 5.74) is 0.137. The van der Waals surface area contributed by atoms with Gasteiger partial charge >= 0.3 is 0 Å². The molecule has 0 radical (unpaired) electrons. The normalized spacial score (nSPS) is 11.1. The first kappa shape index (κ1) is 16.8. The van der Waals surface area contributed by atoms with Crippen molar-refractivity contribution in [2.75, 3.05) is 5.32 Å². The number of pyridine rings is 1. The van der Waals surface area contributed by atoms with Gasteiger partial charge in [-0.15, -0.1) is 5.10 Å². The quantitative estimate of drug-likeness (QED) is 0.598. The third-order valence-electron chi connectivity index (χ3n) is 3.76. The van der Waals surface area contributed by atoms with E-state index in [2.05, 4.69) is 20.4 Å². The summed E-state index contributed by atoms with van der Waals surface area (Å²) in [6.07, 6.45) is 6.02. The molecule has 0 aliphatic rings. The fourth-order valence-electron chi connectivity index (χ4n) is 2.61. The number of fused-ring (bicyclic) bond motifs is 1. The molecular weight excluding hydrogens is 361 g/mol. The van der Waals surface area contributed by atoms with E-state index in [9.17, 15) is 18.0 Å². The second-order valence-electron chi connectivity index (χ2n) is 5.68. The molecule has 0 aliphatic heterocycles. The van der Waals surface area contributed by atoms with E-state index in [1.807, 2.05) is 0 Å². The van der Waals surface area contributed by atoms with Crippen LogP contribution in [-0.2, 0) is 11.3 Å². The third-order valence-corrected chi connectivity index (χ3v) is 3.76. The van der Waals surface area contributed by atoms with Crippen molar-refractivity contribution in [3.63, 3.8) is 0 Å². The van der Waals surface area contributed by atoms with E-state index in [4.69, 9.17) is 0 Å². The predicted molar refractivity (Wildman–Crippen MR) is 89.2 cm³/mol. The predicted octanol–water partition coefficient (Wildman–Crippen LogP) is 2.65. The van der Waals surface area contributed by atoms with Gasteiger partial charge in [0.25, 0.3) is 0 Å². The first-order valence-corrected chi connectivity index (χ1v) is 7.76. The largest absolute Gasteiger partial charge is 0.328 e. The SMILES string of the molecule is O=C(Cn1ccnc1)Nc1nc2ccc(-c3c(F)cc(F)cc3F)cn2n1. The molecule has 1 amide bonds. The average Bonchev–Trinajstić information content (AvgIpc) is 3.22. The van der Waals surface area contributed by atoms with Gasteiger partial charge in [-0.3, -0.25) is 10.1 Å². The van der Waals surface area contributed by atoms with Crippen LogP contribution in [0.5, 0.6) is 0 Å². The minimum Gasteiger partial charge on any atom is -0.328 e. The average molecular weight is 372 g/mol. The van der Waals surface area contributed by atoms with Crippen molar-refractivity contribution in [3.05, 3.63) is 66.6 Å². The summed E-state index contributed by atoms with van der Waals surface area (Å²) in [5.74, 6) is -3.38. The number of anilines is 1. The van der Waals surface area contributed by atoms with Crippen molar-refractivity contribution < 1.29 is 18.0 Å². The van der Waals surface area contributed by atoms with Crippen LogP contribution < -0.4 is 5.32 Å². The van der Waals surface area contributed by atoms with Crippen LogP contribution in [0.2, 0.25) is 0 Å². The summed E-state index contributed by atoms with van der Waals surface area (Å²) in [6.45, 7) is 0.0345. The molecule has 3 aromatic heterocycles. The Kier molecular flexibility index (Phi) is 4.07. The number of amides is 1. The molecule has 0 spiro atoms. The maximum absolute atomic E-state index is 14.0. The van der Waals surface area contributed by atoms with Gasteiger partial charge in [-0.05, 0) is 12.1 Å². The Labute approximate surface area is 150 Å². The number of carbonyl (C=O) groups excluding carboxylic acids is 1. The smallest absolute Gasteiger partial charge is 0.249 e. The van der Waals surface area contributed by atoms with Crippen LogP contribution in [0.4, 0.5) is 19.1 Å². The number of aromatic nitrogens is 5. The first-order valence-electron chi connectivity index (χ1n) is 7.76. The summed E-state index contributed by atoms with van der Waals surface area (Å²) in [6, 6.07) is 4.12. The van der Waals surface area contributed by atoms with Crippen LogP contribution in [0, 0.1) is 17.5 Å². The number of halogens is 3. The Bertz CT molecular complexity index is 1120. The van der Waals surface area contributed by atoms with Gasteiger partial charge in [0.05, 0.1) is 11.9 Å². The molecule has 0 saturated heterocycles. The van der Waals surface area contributed by atoms with Gasteiger partial charge in [-0.1, -0.05) is 0 Å². The van der Waals surface area contributed by atoms with Gasteiger partial charge in [0.1, 0.15) is 24.0 Å². The number of imidazole rings is 1. The van der Waals surface area contributed by atoms with Crippen molar-refractivity contribution >= 4 is 17.5 Å². The minimum absolute atomic E-state index is 0.0345. The molecule has 0 saturated carbocycles. The highest BCUT2D eigenvalue weighted by Crippen LogP contribution is 2.27. The first-order chi connectivity index (χ1) is 13.0. The zero-order valence-electron chi connectivity index (χ0n) is 13.6. The van der Waals surface area contributed by atoms with Gasteiger partial charge in [0.15, 0.2) is 5.65 Å². The molecule has 0 fully saturated rings. The van der Waals surface area contributed by atoms with Crippen molar-refractivity contribution in [1.82, 2.24) is 24.1 Å². The lowest BCUT2D eigenvalue weighted by atomic mass is 10.1. The Morgan fingerprint density at radius 1 is 1.15 bits per heavy atom. The summed E-state index contributed by atoms with van der Waals surface area (Å²) >= 11 is 0. The van der Waals surface area contributed by atoms with Crippen molar-refractivity contribution in [2.24, 2.45) is 0 Å². The third kappa shape index (κ3) is 3.36. The number of carbonyl (C=O) groups is 1. The molecule has 4 rings (SSSR count). The molecule has 4 aromatic rings. The lowest BCUT2D eigenvalue weighted by molar-refractivity contribution is -0.116. The lowest BCUT2D eigenvalue weighted by Crippen LogP contribution is -2.18. The second-order valence-corrected chi connectivity index (χ2v) is 5.68. The lowest BCUT2D eigenvalue weighted by Gasteiger charge is -2.05. The molecular formula is C17H11F3N6O. The molecule has 0 unspecified atom stereocenters. The highest BCUT2D eigenvalue weighted by atomic mass is 19.1. The standard InChI is InChI=1S/C17H11F3N6O/c18-11-5-12(19)16(13(20)6-11)10-1-2-14-22-17(24-26(14)7-10)23-15(27)8-25-4-3-21-9-25/h1-7,9H,8H2,(H,23,24,27). The van der Waals surface area contributed by atoms with Gasteiger partial charge < -0.3 is 4.57 Å². The van der Waals surface area contributed by atoms with Crippen molar-refractivity contribution in [2.45, 2.75) is 6.54 Å². The summed E-state index contributed by atoms with van der Waals surface area (Å²) in [7, 11) is 0. The molecule has 3 heterocycles. The van der Waals surface area contributed by atoms with Crippen LogP contribution in [0.25, 0.3) is 16.8 Å². The van der Waals surface area contributed by atoms with E-state index in [0.29, 0.717) is 17.8 Å². The summed E-state index contributed by atoms with van der Waals surface area (Å²) < 4.78 is 43.9. The molecule has 1 N–H and O–H groups in total. The Morgan fingerprint density at radius 2 is 1.93 bits per heavy atom. The molecule has 27 heavy (non-hydrogen) atoms. The molecule has 0 atom stereocenters. The van der Waals surface area contributed by atoms with Crippen LogP contribution >= 0.6 is 0 Å². The Balaban J connectivity index is 1.62. The van der Waals surface area contributed by atoms with E-state index in [1.165, 1.54) is 29.2 Å². The topological polar surface area (TPSA) is 77.1 Å². The number of hydrogen-bond donors (Lipinski definition) is 1. The Hall–Kier alpha value is -3.69. The van der Waals surface area contributed by atoms with Crippen molar-refractivity contribution in [3.8, 4) is 11.1 Å². The minimum atomic E-state index is -1.03. The fourth-order valence-corrected chi connectivity index (χ4v) is 2.61. The number of hydrogen-bond acceptors (Lipinski definition) is 4. The number of nitrogens with zero attached hydrogens (tertiary/aromatic N) is 5. The number of rotatable bonds is 4. The van der Waals surface area contributed by atoms with Crippen LogP contribution in [0.3, 0.4) is 0 Å². The fraction of sp³-hybridized carbons (Fsp3) is 0.0588. The molecule has 136 valence electrons. The van der Waals surface area contributed by atoms with Crippen LogP contribution in [0.1, 0.15) is 0 Å². The summed E-state index contributed by atoms with van der Waals surface area (Å²) in [4.78, 5) is 19.9. The monoisotopic (exact) mass is 372 g/mol. The molecule has 1 aromatic carbocycles. The van der Waals surface area contributed by atoms with Crippen molar-refractivity contribution in [1.29, 1.82) is 0 Å². The zero-order chi connectivity index (χ0) is 19.0. The van der Waals surface area contributed by atoms with Crippen LogP contribution in [0.15, 0.2) is 49.2 Å². The van der Waals surface area contributed by atoms with Crippen LogP contribution in [-0.4, -0.2) is 30.1 Å². The van der Waals surface area contributed by atoms with E-state index < -0.39 is 17.5 Å². The molecule has 0 aliphatic carbocycles. The zero-order valence-corrected chi connectivity index (χ0v) is 13.6. The van der Waals surface area contributed by atoms with Gasteiger partial charge in [-0.25, -0.2) is 22.7 Å². The summed E-state index contributed by atoms with van der Waals surface area (Å²) in [5, 5.41) is 6.61. The highest BCUT2D eigenvalue weighted by molar-refractivity contribution is 5.89. The van der Waals surface area contributed by atoms with E-state index in [0.717, 1.165) is 0 Å². The van der Waals surface area contributed by atoms with Gasteiger partial charge in [0, 0.05) is 36.3 Å². The molecule has 7 nitrogen and oxygen atoms in total. The Morgan fingerprint density at radius 3 is 2.63 bits per heavy atom. The maximum atomic E-state index is 14.0. The molecule has 10 heteroatoms. The number of nitrogens with one attached hydrogen (secondary N) is 1. The van der Waals surface area contributed by atoms with E-state index >= 15 is 0 Å². The van der Waals surface area contributed by atoms with E-state index in [1.54, 1.807) is 17.0 Å².